The smallest absolute Gasteiger partial charge is 0.109 e. The molecule has 0 aromatic heterocycles. The summed E-state index contributed by atoms with van der Waals surface area (Å²) in [6.45, 7) is 5.80. The van der Waals surface area contributed by atoms with Gasteiger partial charge in [0.25, 0.3) is 0 Å². The van der Waals surface area contributed by atoms with E-state index in [1.54, 1.807) is 0 Å². The third-order valence-corrected chi connectivity index (χ3v) is 3.57. The minimum absolute atomic E-state index is 0.327. The molecular formula is C6H14ClNSi. The molecule has 0 radical (unpaired) electrons. The van der Waals surface area contributed by atoms with E-state index in [2.05, 4.69) is 6.58 Å². The largest absolute Gasteiger partial charge is 0.288 e. The van der Waals surface area contributed by atoms with Gasteiger partial charge < -0.3 is 0 Å². The fourth-order valence-electron chi connectivity index (χ4n) is 0.382. The van der Waals surface area contributed by atoms with Crippen molar-refractivity contribution in [2.75, 3.05) is 14.1 Å². The molecule has 1 unspecified atom stereocenters. The fourth-order valence-corrected chi connectivity index (χ4v) is 0.829. The van der Waals surface area contributed by atoms with Crippen molar-refractivity contribution in [3.8, 4) is 0 Å². The Hall–Kier alpha value is 0.207. The topological polar surface area (TPSA) is 3.24 Å². The molecule has 0 bridgehead atoms. The second kappa shape index (κ2) is 2.86. The van der Waals surface area contributed by atoms with Crippen molar-refractivity contribution in [3.63, 3.8) is 0 Å². The Bertz CT molecular complexity index is 120. The summed E-state index contributed by atoms with van der Waals surface area (Å²) in [6, 6.07) is 0. The highest BCUT2D eigenvalue weighted by atomic mass is 35.5. The molecule has 1 nitrogen and oxygen atoms in total. The minimum Gasteiger partial charge on any atom is -0.288 e. The van der Waals surface area contributed by atoms with Crippen molar-refractivity contribution in [2.24, 2.45) is 0 Å². The Morgan fingerprint density at radius 3 is 2.00 bits per heavy atom. The van der Waals surface area contributed by atoms with Crippen molar-refractivity contribution in [3.05, 3.63) is 11.8 Å². The van der Waals surface area contributed by atoms with Gasteiger partial charge in [0.1, 0.15) is 5.00 Å². The summed E-state index contributed by atoms with van der Waals surface area (Å²) in [6.07, 6.45) is 0. The van der Waals surface area contributed by atoms with Crippen LogP contribution < -0.4 is 0 Å². The van der Waals surface area contributed by atoms with Gasteiger partial charge in [0.15, 0.2) is 0 Å². The first-order valence-electron chi connectivity index (χ1n) is 2.91. The molecule has 0 aromatic rings. The summed E-state index contributed by atoms with van der Waals surface area (Å²) in [5, 5.41) is 1.11. The normalized spacial score (nSPS) is 17.9. The maximum Gasteiger partial charge on any atom is 0.109 e. The van der Waals surface area contributed by atoms with Crippen molar-refractivity contribution < 1.29 is 0 Å². The number of halogens is 1. The van der Waals surface area contributed by atoms with Gasteiger partial charge in [-0.2, -0.15) is 0 Å². The van der Waals surface area contributed by atoms with Gasteiger partial charge in [-0.1, -0.05) is 16.8 Å². The van der Waals surface area contributed by atoms with Crippen LogP contribution in [0, 0.1) is 0 Å². The summed E-state index contributed by atoms with van der Waals surface area (Å²) in [7, 11) is 4.87. The van der Waals surface area contributed by atoms with E-state index in [0.717, 1.165) is 15.4 Å². The minimum atomic E-state index is -0.327. The van der Waals surface area contributed by atoms with Gasteiger partial charge in [-0.05, 0) is 21.0 Å². The Morgan fingerprint density at radius 2 is 2.00 bits per heavy atom. The van der Waals surface area contributed by atoms with Crippen molar-refractivity contribution in [1.82, 2.24) is 4.90 Å². The number of likely N-dealkylation sites (N-methyl/N-ethyl adjacent to an activating group) is 1. The second-order valence-corrected chi connectivity index (χ2v) is 4.57. The SMILES string of the molecule is C=C([SiH3])C(C)(Cl)N(C)C. The first-order valence-corrected chi connectivity index (χ1v) is 4.29. The molecule has 0 N–H and O–H groups in total. The van der Waals surface area contributed by atoms with Crippen LogP contribution in [0.25, 0.3) is 0 Å². The van der Waals surface area contributed by atoms with Gasteiger partial charge in [0.05, 0.1) is 0 Å². The molecule has 0 aliphatic rings. The average Bonchev–Trinajstić information content (AvgIpc) is 1.65. The van der Waals surface area contributed by atoms with Gasteiger partial charge in [-0.3, -0.25) is 4.90 Å². The lowest BCUT2D eigenvalue weighted by molar-refractivity contribution is 0.318. The van der Waals surface area contributed by atoms with E-state index in [-0.39, 0.29) is 5.00 Å². The first-order chi connectivity index (χ1) is 3.89. The molecule has 0 saturated heterocycles. The summed E-state index contributed by atoms with van der Waals surface area (Å²) >= 11 is 6.07. The fraction of sp³-hybridized carbons (Fsp3) is 0.667. The Balaban J connectivity index is 4.19. The molecule has 54 valence electrons. The lowest BCUT2D eigenvalue weighted by atomic mass is 10.3. The molecule has 1 atom stereocenters. The van der Waals surface area contributed by atoms with E-state index in [0.29, 0.717) is 0 Å². The molecule has 0 amide bonds. The van der Waals surface area contributed by atoms with E-state index >= 15 is 0 Å². The van der Waals surface area contributed by atoms with Gasteiger partial charge in [0, 0.05) is 10.2 Å². The molecule has 0 aliphatic heterocycles. The summed E-state index contributed by atoms with van der Waals surface area (Å²) in [5.41, 5.74) is 0. The average molecular weight is 164 g/mol. The molecule has 0 saturated carbocycles. The zero-order valence-corrected chi connectivity index (χ0v) is 9.29. The third kappa shape index (κ3) is 2.12. The Morgan fingerprint density at radius 1 is 1.67 bits per heavy atom. The highest BCUT2D eigenvalue weighted by Crippen LogP contribution is 2.22. The van der Waals surface area contributed by atoms with Gasteiger partial charge in [0.2, 0.25) is 0 Å². The standard InChI is InChI=1S/C6H14ClNSi/c1-5(9)6(2,7)8(3)4/h1H2,2-4,9H3. The van der Waals surface area contributed by atoms with E-state index < -0.39 is 0 Å². The number of rotatable bonds is 2. The number of hydrogen-bond donors (Lipinski definition) is 0. The molecule has 3 heteroatoms. The summed E-state index contributed by atoms with van der Waals surface area (Å²) in [4.78, 5) is 1.64. The van der Waals surface area contributed by atoms with Crippen LogP contribution in [0.3, 0.4) is 0 Å². The molecule has 0 fully saturated rings. The first kappa shape index (κ1) is 9.21. The number of nitrogens with zero attached hydrogens (tertiary/aromatic N) is 1. The lowest BCUT2D eigenvalue weighted by Crippen LogP contribution is -2.37. The van der Waals surface area contributed by atoms with Crippen LogP contribution in [0.5, 0.6) is 0 Å². The van der Waals surface area contributed by atoms with E-state index in [9.17, 15) is 0 Å². The maximum absolute atomic E-state index is 6.07. The zero-order chi connectivity index (χ0) is 7.65. The van der Waals surface area contributed by atoms with Gasteiger partial charge in [-0.15, -0.1) is 6.58 Å². The number of hydrogen-bond acceptors (Lipinski definition) is 1. The van der Waals surface area contributed by atoms with E-state index in [1.807, 2.05) is 25.9 Å². The van der Waals surface area contributed by atoms with Crippen LogP contribution >= 0.6 is 11.6 Å². The molecule has 0 heterocycles. The van der Waals surface area contributed by atoms with Crippen molar-refractivity contribution >= 4 is 21.8 Å². The second-order valence-electron chi connectivity index (χ2n) is 2.63. The van der Waals surface area contributed by atoms with Crippen LogP contribution in [-0.2, 0) is 0 Å². The molecule has 0 rings (SSSR count). The highest BCUT2D eigenvalue weighted by molar-refractivity contribution is 6.34. The molecule has 0 aromatic carbocycles. The van der Waals surface area contributed by atoms with Crippen molar-refractivity contribution in [1.29, 1.82) is 0 Å². The monoisotopic (exact) mass is 163 g/mol. The van der Waals surface area contributed by atoms with Crippen LogP contribution in [0.4, 0.5) is 0 Å². The Labute approximate surface area is 65.1 Å². The van der Waals surface area contributed by atoms with Crippen LogP contribution in [0.1, 0.15) is 6.92 Å². The number of alkyl halides is 1. The molecule has 0 aliphatic carbocycles. The predicted octanol–water partition coefficient (Wildman–Crippen LogP) is 0.382. The highest BCUT2D eigenvalue weighted by Gasteiger charge is 2.23. The molecule has 0 spiro atoms. The third-order valence-electron chi connectivity index (χ3n) is 1.62. The summed E-state index contributed by atoms with van der Waals surface area (Å²) in [5.74, 6) is 0. The zero-order valence-electron chi connectivity index (χ0n) is 6.53. The quantitative estimate of drug-likeness (QED) is 0.323. The van der Waals surface area contributed by atoms with Gasteiger partial charge in [-0.25, -0.2) is 0 Å². The van der Waals surface area contributed by atoms with Gasteiger partial charge >= 0.3 is 0 Å². The predicted molar refractivity (Wildman–Crippen MR) is 47.0 cm³/mol. The maximum atomic E-state index is 6.07. The van der Waals surface area contributed by atoms with Crippen LogP contribution in [0.15, 0.2) is 11.8 Å². The van der Waals surface area contributed by atoms with E-state index in [4.69, 9.17) is 11.6 Å². The Kier molecular flexibility index (Phi) is 2.93. The van der Waals surface area contributed by atoms with Crippen molar-refractivity contribution in [2.45, 2.75) is 11.9 Å². The molecule has 9 heavy (non-hydrogen) atoms. The summed E-state index contributed by atoms with van der Waals surface area (Å²) < 4.78 is 0. The van der Waals surface area contributed by atoms with E-state index in [1.165, 1.54) is 0 Å². The van der Waals surface area contributed by atoms with Crippen LogP contribution in [0.2, 0.25) is 0 Å². The molecular weight excluding hydrogens is 150 g/mol. The lowest BCUT2D eigenvalue weighted by Gasteiger charge is -2.30. The van der Waals surface area contributed by atoms with Crippen LogP contribution in [-0.4, -0.2) is 34.2 Å².